The number of thiocarbonyl (C=S) groups is 2. The first-order valence-corrected chi connectivity index (χ1v) is 31.3. The number of carbonyl (C=O) groups excluding carboxylic acids is 6. The first-order chi connectivity index (χ1) is 35.9. The number of ether oxygens (including phenoxy) is 6. The van der Waals surface area contributed by atoms with Crippen LogP contribution in [0.15, 0.2) is 78.4 Å². The van der Waals surface area contributed by atoms with Crippen LogP contribution in [0.4, 0.5) is 0 Å². The van der Waals surface area contributed by atoms with E-state index in [-0.39, 0.29) is 48.8 Å². The summed E-state index contributed by atoms with van der Waals surface area (Å²) < 4.78 is 58.9. The van der Waals surface area contributed by atoms with Crippen molar-refractivity contribution in [3.63, 3.8) is 0 Å². The van der Waals surface area contributed by atoms with Gasteiger partial charge in [-0.15, -0.1) is 23.5 Å². The molecule has 0 aromatic heterocycles. The summed E-state index contributed by atoms with van der Waals surface area (Å²) >= 11 is 16.1. The van der Waals surface area contributed by atoms with Crippen molar-refractivity contribution >= 4 is 131 Å². The van der Waals surface area contributed by atoms with Gasteiger partial charge in [-0.3, -0.25) is 19.2 Å². The minimum absolute atomic E-state index is 0. The van der Waals surface area contributed by atoms with Gasteiger partial charge in [-0.2, -0.15) is 0 Å². The van der Waals surface area contributed by atoms with Gasteiger partial charge in [-0.1, -0.05) is 188 Å². The molecule has 0 saturated carbocycles. The summed E-state index contributed by atoms with van der Waals surface area (Å²) in [5.41, 5.74) is 1.37. The second-order valence-corrected chi connectivity index (χ2v) is 26.7. The summed E-state index contributed by atoms with van der Waals surface area (Å²) in [6.45, 7) is 16.4. The van der Waals surface area contributed by atoms with Gasteiger partial charge in [0, 0.05) is 12.0 Å². The van der Waals surface area contributed by atoms with E-state index in [0.29, 0.717) is 56.6 Å². The van der Waals surface area contributed by atoms with E-state index in [4.69, 9.17) is 48.1 Å². The lowest BCUT2D eigenvalue weighted by Gasteiger charge is -2.23. The average Bonchev–Trinajstić information content (AvgIpc) is 3.37. The number of cyclic esters (lactones) is 2. The predicted octanol–water partition coefficient (Wildman–Crippen LogP) is 13.0. The van der Waals surface area contributed by atoms with E-state index >= 15 is 0 Å². The van der Waals surface area contributed by atoms with Crippen molar-refractivity contribution < 1.29 is 65.6 Å². The van der Waals surface area contributed by atoms with Crippen LogP contribution in [0.1, 0.15) is 149 Å². The van der Waals surface area contributed by atoms with Gasteiger partial charge in [0.05, 0.1) is 32.0 Å². The molecule has 0 aliphatic carbocycles. The van der Waals surface area contributed by atoms with Crippen molar-refractivity contribution in [1.29, 1.82) is 0 Å². The fourth-order valence-corrected chi connectivity index (χ4v) is 13.4. The Morgan fingerprint density at radius 3 is 1.79 bits per heavy atom. The molecule has 0 N–H and O–H groups in total. The lowest BCUT2D eigenvalue weighted by atomic mass is 10.1. The molecule has 1 aliphatic rings. The van der Waals surface area contributed by atoms with E-state index in [1.165, 1.54) is 30.4 Å². The van der Waals surface area contributed by atoms with Crippen molar-refractivity contribution in [1.82, 2.24) is 0 Å². The maximum absolute atomic E-state index is 13.2. The molecular formula is C55H80O14S7. The molecule has 3 rings (SSSR count). The molecule has 21 heteroatoms. The van der Waals surface area contributed by atoms with E-state index in [9.17, 15) is 37.2 Å². The highest BCUT2D eigenvalue weighted by molar-refractivity contribution is 8.47. The Hall–Kier alpha value is -3.73. The molecule has 2 aromatic carbocycles. The lowest BCUT2D eigenvalue weighted by molar-refractivity contribution is -0.143. The minimum Gasteiger partial charge on any atom is -0.465 e. The Morgan fingerprint density at radius 1 is 0.737 bits per heavy atom. The third-order valence-electron chi connectivity index (χ3n) is 10.7. The van der Waals surface area contributed by atoms with E-state index in [0.717, 1.165) is 88.3 Å². The molecule has 1 saturated heterocycles. The van der Waals surface area contributed by atoms with Gasteiger partial charge in [-0.25, -0.2) is 18.0 Å². The smallest absolute Gasteiger partial charge is 0.335 e. The molecular weight excluding hydrogens is 1110 g/mol. The number of benzene rings is 2. The van der Waals surface area contributed by atoms with Crippen LogP contribution in [0.3, 0.4) is 0 Å². The minimum atomic E-state index is -4.13. The fraction of sp³-hybridized carbons (Fsp3) is 0.564. The molecule has 0 radical (unpaired) electrons. The van der Waals surface area contributed by atoms with Crippen LogP contribution in [-0.2, 0) is 67.0 Å². The SMILES string of the molecule is C.C=C1C(=O)OCCCCCCCCOC(=O)C(C)S(=O)(=O)C1c1ccccc1.CCSC(=S)SC(C)C(=O)OCCCCCCCCOC(=O)/C(=C/c1ccccc1)CC(C)OC=O.CCSC(=S)SC(C)OC=O. The van der Waals surface area contributed by atoms with Crippen LogP contribution in [0.25, 0.3) is 6.08 Å². The van der Waals surface area contributed by atoms with Crippen LogP contribution in [-0.4, -0.2) is 112 Å². The van der Waals surface area contributed by atoms with Gasteiger partial charge >= 0.3 is 23.9 Å². The lowest BCUT2D eigenvalue weighted by Crippen LogP contribution is -2.35. The number of unbranched alkanes of at least 4 members (excludes halogenated alkanes) is 5. The van der Waals surface area contributed by atoms with E-state index < -0.39 is 38.4 Å². The number of esters is 4. The highest BCUT2D eigenvalue weighted by Crippen LogP contribution is 2.34. The molecule has 1 fully saturated rings. The van der Waals surface area contributed by atoms with Crippen molar-refractivity contribution in [2.45, 2.75) is 160 Å². The summed E-state index contributed by atoms with van der Waals surface area (Å²) in [5, 5.41) is -3.06. The van der Waals surface area contributed by atoms with Crippen molar-refractivity contribution in [2.75, 3.05) is 37.9 Å². The topological polar surface area (TPSA) is 192 Å². The van der Waals surface area contributed by atoms with Gasteiger partial charge in [0.15, 0.2) is 15.1 Å². The standard InChI is InChI=1S/C27H38O6S3.C21H28O6S.C6H10O2S3.CH4/c1-4-35-27(34)36-22(3)25(29)31-16-12-7-5-6-8-13-17-32-26(30)24(18-21(2)33-20-28)19-23-14-10-9-11-15-23;1-16-19(18-12-8-7-9-13-18)28(24,25)17(2)21(23)27-15-11-6-4-3-5-10-14-26-20(16)22;1-3-10-6(9)11-5(2)8-4-7;/h9-11,14-15,19-22H,4-8,12-13,16-18H2,1-3H3;7-9,12-13,17,19H,1,3-6,10-11,14-15H2,2H3;4-5H,3H2,1-2H3;1H4/b24-19+;;;. The predicted molar refractivity (Wildman–Crippen MR) is 321 cm³/mol. The first-order valence-electron chi connectivity index (χ1n) is 25.2. The van der Waals surface area contributed by atoms with Crippen LogP contribution in [0.2, 0.25) is 0 Å². The molecule has 426 valence electrons. The van der Waals surface area contributed by atoms with Crippen molar-refractivity contribution in [3.05, 3.63) is 89.5 Å². The Kier molecular flexibility index (Phi) is 42.0. The van der Waals surface area contributed by atoms with Crippen molar-refractivity contribution in [3.8, 4) is 0 Å². The van der Waals surface area contributed by atoms with Crippen molar-refractivity contribution in [2.24, 2.45) is 0 Å². The number of thioether (sulfide) groups is 4. The third kappa shape index (κ3) is 32.2. The van der Waals surface area contributed by atoms with Gasteiger partial charge in [-0.05, 0) is 82.1 Å². The third-order valence-corrected chi connectivity index (χ3v) is 18.1. The Morgan fingerprint density at radius 2 is 1.24 bits per heavy atom. The molecule has 0 amide bonds. The van der Waals surface area contributed by atoms with Gasteiger partial charge in [0.25, 0.3) is 12.9 Å². The van der Waals surface area contributed by atoms with Crippen LogP contribution in [0.5, 0.6) is 0 Å². The molecule has 1 aliphatic heterocycles. The van der Waals surface area contributed by atoms with E-state index in [1.54, 1.807) is 73.8 Å². The summed E-state index contributed by atoms with van der Waals surface area (Å²) in [5.74, 6) is -0.310. The van der Waals surface area contributed by atoms with Crippen LogP contribution < -0.4 is 0 Å². The first kappa shape index (κ1) is 72.3. The Balaban J connectivity index is 0.00000124. The highest BCUT2D eigenvalue weighted by atomic mass is 32.2. The Labute approximate surface area is 480 Å². The molecule has 1 heterocycles. The number of rotatable bonds is 23. The second kappa shape index (κ2) is 44.2. The zero-order valence-corrected chi connectivity index (χ0v) is 49.8. The largest absolute Gasteiger partial charge is 0.465 e. The normalized spacial score (nSPS) is 17.3. The zero-order valence-electron chi connectivity index (χ0n) is 44.1. The molecule has 14 nitrogen and oxygen atoms in total. The fourth-order valence-electron chi connectivity index (χ4n) is 6.72. The summed E-state index contributed by atoms with van der Waals surface area (Å²) in [4.78, 5) is 69.9. The number of hydrogen-bond donors (Lipinski definition) is 0. The molecule has 0 bridgehead atoms. The second-order valence-electron chi connectivity index (χ2n) is 16.8. The average molecular weight is 1190 g/mol. The summed E-state index contributed by atoms with van der Waals surface area (Å²) in [6.07, 6.45) is 12.5. The number of hydrogen-bond acceptors (Lipinski definition) is 20. The van der Waals surface area contributed by atoms with E-state index in [2.05, 4.69) is 11.3 Å². The summed E-state index contributed by atoms with van der Waals surface area (Å²) in [6, 6.07) is 17.8. The van der Waals surface area contributed by atoms with Gasteiger partial charge in [0.2, 0.25) is 0 Å². The highest BCUT2D eigenvalue weighted by Gasteiger charge is 2.41. The zero-order chi connectivity index (χ0) is 55.9. The maximum Gasteiger partial charge on any atom is 0.335 e. The molecule has 76 heavy (non-hydrogen) atoms. The maximum atomic E-state index is 13.2. The van der Waals surface area contributed by atoms with Crippen LogP contribution >= 0.6 is 71.5 Å². The van der Waals surface area contributed by atoms with E-state index in [1.807, 2.05) is 51.1 Å². The molecule has 5 atom stereocenters. The molecule has 2 aromatic rings. The monoisotopic (exact) mass is 1190 g/mol. The van der Waals surface area contributed by atoms with Gasteiger partial charge < -0.3 is 28.4 Å². The van der Waals surface area contributed by atoms with Gasteiger partial charge in [0.1, 0.15) is 29.1 Å². The molecule has 5 unspecified atom stereocenters. The quantitative estimate of drug-likeness (QED) is 0.0194. The molecule has 0 spiro atoms. The number of sulfone groups is 1. The number of carbonyl (C=O) groups is 6. The van der Waals surface area contributed by atoms with Crippen LogP contribution in [0, 0.1) is 0 Å². The Bertz CT molecular complexity index is 2170. The summed E-state index contributed by atoms with van der Waals surface area (Å²) in [7, 11) is -4.13.